The smallest absolute Gasteiger partial charge is 0.191 e. The van der Waals surface area contributed by atoms with Crippen LogP contribution in [0.15, 0.2) is 29.3 Å². The molecule has 0 bridgehead atoms. The number of aliphatic imine (C=N–C) groups is 1. The molecule has 6 heteroatoms. The van der Waals surface area contributed by atoms with Crippen molar-refractivity contribution in [2.75, 3.05) is 63.9 Å². The molecule has 0 saturated carbocycles. The topological polar surface area (TPSA) is 52.1 Å². The minimum atomic E-state index is 0.687. The van der Waals surface area contributed by atoms with Gasteiger partial charge >= 0.3 is 0 Å². The van der Waals surface area contributed by atoms with Crippen LogP contribution in [0.1, 0.15) is 31.7 Å². The van der Waals surface area contributed by atoms with Crippen molar-refractivity contribution in [1.82, 2.24) is 15.5 Å². The molecule has 6 nitrogen and oxygen atoms in total. The predicted molar refractivity (Wildman–Crippen MR) is 113 cm³/mol. The van der Waals surface area contributed by atoms with E-state index in [2.05, 4.69) is 51.6 Å². The van der Waals surface area contributed by atoms with E-state index in [9.17, 15) is 0 Å². The third-order valence-corrected chi connectivity index (χ3v) is 5.26. The highest BCUT2D eigenvalue weighted by Crippen LogP contribution is 2.22. The number of morpholine rings is 1. The van der Waals surface area contributed by atoms with Gasteiger partial charge in [-0.15, -0.1) is 0 Å². The summed E-state index contributed by atoms with van der Waals surface area (Å²) in [5.74, 6) is 0.909. The number of nitrogens with one attached hydrogen (secondary N) is 2. The molecule has 27 heavy (non-hydrogen) atoms. The van der Waals surface area contributed by atoms with Crippen molar-refractivity contribution in [1.29, 1.82) is 0 Å². The second-order valence-electron chi connectivity index (χ2n) is 7.25. The van der Waals surface area contributed by atoms with Crippen molar-refractivity contribution < 1.29 is 4.74 Å². The van der Waals surface area contributed by atoms with Crippen LogP contribution in [0.25, 0.3) is 0 Å². The fourth-order valence-electron chi connectivity index (χ4n) is 3.78. The summed E-state index contributed by atoms with van der Waals surface area (Å²) in [7, 11) is 0. The van der Waals surface area contributed by atoms with Gasteiger partial charge in [0, 0.05) is 38.4 Å². The van der Waals surface area contributed by atoms with Crippen LogP contribution in [-0.4, -0.2) is 69.9 Å². The van der Waals surface area contributed by atoms with E-state index in [0.29, 0.717) is 6.54 Å². The lowest BCUT2D eigenvalue weighted by Gasteiger charge is -2.30. The summed E-state index contributed by atoms with van der Waals surface area (Å²) in [5, 5.41) is 6.88. The van der Waals surface area contributed by atoms with Gasteiger partial charge < -0.3 is 25.2 Å². The Morgan fingerprint density at radius 1 is 1.04 bits per heavy atom. The second-order valence-corrected chi connectivity index (χ2v) is 7.25. The van der Waals surface area contributed by atoms with E-state index in [4.69, 9.17) is 9.73 Å². The molecule has 0 aromatic heterocycles. The number of para-hydroxylation sites is 1. The molecule has 2 fully saturated rings. The van der Waals surface area contributed by atoms with Gasteiger partial charge in [-0.3, -0.25) is 0 Å². The monoisotopic (exact) mass is 373 g/mol. The first-order valence-electron chi connectivity index (χ1n) is 10.5. The number of ether oxygens (including phenoxy) is 1. The van der Waals surface area contributed by atoms with Crippen LogP contribution in [0, 0.1) is 0 Å². The summed E-state index contributed by atoms with van der Waals surface area (Å²) in [4.78, 5) is 9.80. The highest BCUT2D eigenvalue weighted by Gasteiger charge is 2.14. The number of nitrogens with zero attached hydrogens (tertiary/aromatic N) is 3. The average molecular weight is 374 g/mol. The van der Waals surface area contributed by atoms with Crippen LogP contribution >= 0.6 is 0 Å². The SMILES string of the molecule is CCNC(=NCc1ccccc1N1CCOCC1)NCCN1CCCCC1. The number of hydrogen-bond donors (Lipinski definition) is 2. The van der Waals surface area contributed by atoms with Crippen molar-refractivity contribution in [3.05, 3.63) is 29.8 Å². The van der Waals surface area contributed by atoms with Crippen molar-refractivity contribution in [2.45, 2.75) is 32.7 Å². The molecule has 2 saturated heterocycles. The maximum absolute atomic E-state index is 5.49. The van der Waals surface area contributed by atoms with E-state index in [-0.39, 0.29) is 0 Å². The van der Waals surface area contributed by atoms with Gasteiger partial charge in [0.1, 0.15) is 0 Å². The fourth-order valence-corrected chi connectivity index (χ4v) is 3.78. The Labute approximate surface area is 164 Å². The van der Waals surface area contributed by atoms with Crippen LogP contribution in [0.2, 0.25) is 0 Å². The number of rotatable bonds is 7. The minimum absolute atomic E-state index is 0.687. The van der Waals surface area contributed by atoms with Gasteiger partial charge in [0.2, 0.25) is 0 Å². The van der Waals surface area contributed by atoms with Crippen LogP contribution in [0.4, 0.5) is 5.69 Å². The predicted octanol–water partition coefficient (Wildman–Crippen LogP) is 2.06. The Morgan fingerprint density at radius 2 is 1.81 bits per heavy atom. The maximum atomic E-state index is 5.49. The Kier molecular flexibility index (Phi) is 8.24. The molecule has 0 amide bonds. The summed E-state index contributed by atoms with van der Waals surface area (Å²) >= 11 is 0. The molecule has 1 aromatic rings. The molecule has 0 unspecified atom stereocenters. The number of benzene rings is 1. The van der Waals surface area contributed by atoms with Crippen LogP contribution in [0.5, 0.6) is 0 Å². The minimum Gasteiger partial charge on any atom is -0.378 e. The summed E-state index contributed by atoms with van der Waals surface area (Å²) in [6.07, 6.45) is 4.07. The van der Waals surface area contributed by atoms with Gasteiger partial charge in [-0.25, -0.2) is 4.99 Å². The molecule has 0 spiro atoms. The van der Waals surface area contributed by atoms with Crippen molar-refractivity contribution >= 4 is 11.6 Å². The molecule has 0 radical (unpaired) electrons. The Balaban J connectivity index is 1.56. The van der Waals surface area contributed by atoms with Crippen LogP contribution in [0.3, 0.4) is 0 Å². The van der Waals surface area contributed by atoms with E-state index in [1.807, 2.05) is 0 Å². The van der Waals surface area contributed by atoms with E-state index in [1.165, 1.54) is 43.6 Å². The number of anilines is 1. The highest BCUT2D eigenvalue weighted by molar-refractivity contribution is 5.79. The van der Waals surface area contributed by atoms with Crippen molar-refractivity contribution in [2.24, 2.45) is 4.99 Å². The molecule has 2 N–H and O–H groups in total. The zero-order chi connectivity index (χ0) is 18.7. The lowest BCUT2D eigenvalue weighted by molar-refractivity contribution is 0.122. The number of guanidine groups is 1. The summed E-state index contributed by atoms with van der Waals surface area (Å²) < 4.78 is 5.49. The summed E-state index contributed by atoms with van der Waals surface area (Å²) in [6.45, 7) is 11.7. The Hall–Kier alpha value is -1.79. The van der Waals surface area contributed by atoms with E-state index >= 15 is 0 Å². The van der Waals surface area contributed by atoms with Gasteiger partial charge in [0.25, 0.3) is 0 Å². The van der Waals surface area contributed by atoms with Gasteiger partial charge in [-0.1, -0.05) is 24.6 Å². The molecular formula is C21H35N5O. The molecule has 2 heterocycles. The molecule has 1 aromatic carbocycles. The Bertz CT molecular complexity index is 580. The largest absolute Gasteiger partial charge is 0.378 e. The molecule has 0 atom stereocenters. The van der Waals surface area contributed by atoms with Gasteiger partial charge in [0.15, 0.2) is 5.96 Å². The zero-order valence-corrected chi connectivity index (χ0v) is 16.8. The van der Waals surface area contributed by atoms with E-state index in [1.54, 1.807) is 0 Å². The number of likely N-dealkylation sites (tertiary alicyclic amines) is 1. The van der Waals surface area contributed by atoms with Crippen LogP contribution < -0.4 is 15.5 Å². The number of piperidine rings is 1. The Morgan fingerprint density at radius 3 is 2.59 bits per heavy atom. The molecule has 2 aliphatic heterocycles. The summed E-state index contributed by atoms with van der Waals surface area (Å²) in [5.41, 5.74) is 2.56. The van der Waals surface area contributed by atoms with E-state index in [0.717, 1.165) is 51.9 Å². The first-order chi connectivity index (χ1) is 13.4. The zero-order valence-electron chi connectivity index (χ0n) is 16.8. The molecule has 3 rings (SSSR count). The average Bonchev–Trinajstić information content (AvgIpc) is 2.74. The third-order valence-electron chi connectivity index (χ3n) is 5.26. The van der Waals surface area contributed by atoms with Crippen molar-refractivity contribution in [3.63, 3.8) is 0 Å². The van der Waals surface area contributed by atoms with Crippen LogP contribution in [-0.2, 0) is 11.3 Å². The molecule has 0 aliphatic carbocycles. The normalized spacial score (nSPS) is 19.1. The lowest BCUT2D eigenvalue weighted by Crippen LogP contribution is -2.42. The van der Waals surface area contributed by atoms with Gasteiger partial charge in [-0.05, 0) is 44.5 Å². The summed E-state index contributed by atoms with van der Waals surface area (Å²) in [6, 6.07) is 8.60. The standard InChI is InChI=1S/C21H35N5O/c1-2-22-21(23-10-13-25-11-6-3-7-12-25)24-18-19-8-4-5-9-20(19)26-14-16-27-17-15-26/h4-5,8-9H,2-3,6-7,10-18H2,1H3,(H2,22,23,24). The lowest BCUT2D eigenvalue weighted by atomic mass is 10.1. The highest BCUT2D eigenvalue weighted by atomic mass is 16.5. The molecule has 150 valence electrons. The van der Waals surface area contributed by atoms with Gasteiger partial charge in [0.05, 0.1) is 19.8 Å². The van der Waals surface area contributed by atoms with E-state index < -0.39 is 0 Å². The first kappa shape index (κ1) is 20.0. The third kappa shape index (κ3) is 6.40. The first-order valence-corrected chi connectivity index (χ1v) is 10.5. The number of hydrogen-bond acceptors (Lipinski definition) is 4. The maximum Gasteiger partial charge on any atom is 0.191 e. The fraction of sp³-hybridized carbons (Fsp3) is 0.667. The van der Waals surface area contributed by atoms with Crippen molar-refractivity contribution in [3.8, 4) is 0 Å². The van der Waals surface area contributed by atoms with Gasteiger partial charge in [-0.2, -0.15) is 0 Å². The molecule has 2 aliphatic rings. The quantitative estimate of drug-likeness (QED) is 0.566. The molecular weight excluding hydrogens is 338 g/mol. The second kappa shape index (κ2) is 11.1.